The molecule has 0 unspecified atom stereocenters. The van der Waals surface area contributed by atoms with E-state index in [-0.39, 0.29) is 0 Å². The van der Waals surface area contributed by atoms with E-state index in [9.17, 15) is 0 Å². The van der Waals surface area contributed by atoms with Crippen molar-refractivity contribution in [1.82, 2.24) is 4.98 Å². The molecule has 0 fully saturated rings. The van der Waals surface area contributed by atoms with E-state index in [4.69, 9.17) is 4.74 Å². The van der Waals surface area contributed by atoms with Crippen molar-refractivity contribution in [2.45, 2.75) is 6.61 Å². The number of benzene rings is 1. The second-order valence-corrected chi connectivity index (χ2v) is 4.77. The third-order valence-electron chi connectivity index (χ3n) is 2.55. The molecule has 3 aromatic rings. The Morgan fingerprint density at radius 2 is 1.94 bits per heavy atom. The van der Waals surface area contributed by atoms with Crippen molar-refractivity contribution >= 4 is 22.1 Å². The average Bonchev–Trinajstić information content (AvgIpc) is 2.89. The lowest BCUT2D eigenvalue weighted by Crippen LogP contribution is -1.94. The topological polar surface area (TPSA) is 22.1 Å². The summed E-state index contributed by atoms with van der Waals surface area (Å²) in [6.07, 6.45) is 1.85. The fourth-order valence-electron chi connectivity index (χ4n) is 1.68. The van der Waals surface area contributed by atoms with Crippen LogP contribution in [0, 0.1) is 0 Å². The number of nitrogens with zero attached hydrogens (tertiary/aromatic N) is 1. The highest BCUT2D eigenvalue weighted by Gasteiger charge is 1.99. The zero-order valence-corrected chi connectivity index (χ0v) is 9.98. The van der Waals surface area contributed by atoms with Gasteiger partial charge in [0.25, 0.3) is 0 Å². The molecular weight excluding hydrogens is 230 g/mol. The summed E-state index contributed by atoms with van der Waals surface area (Å²) in [6.45, 7) is 0.586. The van der Waals surface area contributed by atoms with Crippen LogP contribution in [0.5, 0.6) is 5.88 Å². The summed E-state index contributed by atoms with van der Waals surface area (Å²) < 4.78 is 5.66. The monoisotopic (exact) mass is 241 g/mol. The zero-order valence-electron chi connectivity index (χ0n) is 9.17. The lowest BCUT2D eigenvalue weighted by Gasteiger charge is -2.04. The zero-order chi connectivity index (χ0) is 11.5. The molecule has 0 N–H and O–H groups in total. The largest absolute Gasteiger partial charge is 0.472 e. The lowest BCUT2D eigenvalue weighted by atomic mass is 10.2. The average molecular weight is 241 g/mol. The van der Waals surface area contributed by atoms with Crippen LogP contribution in [0.3, 0.4) is 0 Å². The molecule has 0 aliphatic rings. The summed E-state index contributed by atoms with van der Waals surface area (Å²) in [5.41, 5.74) is 0. The van der Waals surface area contributed by atoms with E-state index >= 15 is 0 Å². The molecule has 0 spiro atoms. The van der Waals surface area contributed by atoms with Crippen LogP contribution >= 0.6 is 11.3 Å². The van der Waals surface area contributed by atoms with Crippen LogP contribution in [0.4, 0.5) is 0 Å². The fraction of sp³-hybridized carbons (Fsp3) is 0.0714. The maximum Gasteiger partial charge on any atom is 0.214 e. The van der Waals surface area contributed by atoms with E-state index in [2.05, 4.69) is 17.1 Å². The number of ether oxygens (including phenoxy) is 1. The van der Waals surface area contributed by atoms with E-state index in [0.29, 0.717) is 12.5 Å². The number of thiophene rings is 1. The Kier molecular flexibility index (Phi) is 2.76. The molecule has 0 aliphatic heterocycles. The van der Waals surface area contributed by atoms with Crippen LogP contribution in [0.15, 0.2) is 54.0 Å². The smallest absolute Gasteiger partial charge is 0.214 e. The van der Waals surface area contributed by atoms with E-state index in [0.717, 1.165) is 10.8 Å². The Labute approximate surface area is 104 Å². The van der Waals surface area contributed by atoms with Gasteiger partial charge in [-0.1, -0.05) is 30.3 Å². The van der Waals surface area contributed by atoms with E-state index in [1.165, 1.54) is 4.88 Å². The SMILES string of the molecule is c1csc(COc2cc3ccccc3cn2)c1. The van der Waals surface area contributed by atoms with Crippen molar-refractivity contribution in [3.63, 3.8) is 0 Å². The Morgan fingerprint density at radius 1 is 1.06 bits per heavy atom. The molecule has 0 saturated heterocycles. The van der Waals surface area contributed by atoms with Crippen molar-refractivity contribution in [2.75, 3.05) is 0 Å². The predicted molar refractivity (Wildman–Crippen MR) is 70.4 cm³/mol. The van der Waals surface area contributed by atoms with Crippen LogP contribution in [0.25, 0.3) is 10.8 Å². The van der Waals surface area contributed by atoms with E-state index in [1.54, 1.807) is 11.3 Å². The minimum Gasteiger partial charge on any atom is -0.472 e. The molecule has 0 radical (unpaired) electrons. The first-order valence-corrected chi connectivity index (χ1v) is 6.30. The summed E-state index contributed by atoms with van der Waals surface area (Å²) in [5.74, 6) is 0.678. The van der Waals surface area contributed by atoms with Crippen LogP contribution in [-0.4, -0.2) is 4.98 Å². The molecule has 0 bridgehead atoms. The molecule has 17 heavy (non-hydrogen) atoms. The number of fused-ring (bicyclic) bond motifs is 1. The summed E-state index contributed by atoms with van der Waals surface area (Å²) >= 11 is 1.69. The molecule has 2 nitrogen and oxygen atoms in total. The summed E-state index contributed by atoms with van der Waals surface area (Å²) in [6, 6.07) is 14.2. The van der Waals surface area contributed by atoms with Gasteiger partial charge in [0.1, 0.15) is 6.61 Å². The molecular formula is C14H11NOS. The van der Waals surface area contributed by atoms with Gasteiger partial charge in [0.2, 0.25) is 5.88 Å². The Morgan fingerprint density at radius 3 is 2.76 bits per heavy atom. The molecule has 3 heteroatoms. The summed E-state index contributed by atoms with van der Waals surface area (Å²) in [5, 5.41) is 4.34. The highest BCUT2D eigenvalue weighted by molar-refractivity contribution is 7.09. The van der Waals surface area contributed by atoms with Crippen molar-refractivity contribution in [3.05, 3.63) is 58.9 Å². The van der Waals surface area contributed by atoms with Crippen LogP contribution in [0.2, 0.25) is 0 Å². The molecule has 0 aliphatic carbocycles. The number of hydrogen-bond donors (Lipinski definition) is 0. The van der Waals surface area contributed by atoms with E-state index < -0.39 is 0 Å². The van der Waals surface area contributed by atoms with Gasteiger partial charge in [-0.2, -0.15) is 0 Å². The van der Waals surface area contributed by atoms with Gasteiger partial charge >= 0.3 is 0 Å². The molecule has 2 heterocycles. The van der Waals surface area contributed by atoms with Gasteiger partial charge in [0, 0.05) is 22.5 Å². The summed E-state index contributed by atoms with van der Waals surface area (Å²) in [7, 11) is 0. The predicted octanol–water partition coefficient (Wildman–Crippen LogP) is 3.88. The first kappa shape index (κ1) is 10.3. The third kappa shape index (κ3) is 2.29. The van der Waals surface area contributed by atoms with Gasteiger partial charge < -0.3 is 4.74 Å². The molecule has 2 aromatic heterocycles. The first-order valence-electron chi connectivity index (χ1n) is 5.42. The third-order valence-corrected chi connectivity index (χ3v) is 3.40. The fourth-order valence-corrected chi connectivity index (χ4v) is 2.30. The van der Waals surface area contributed by atoms with Gasteiger partial charge in [0.05, 0.1) is 0 Å². The Balaban J connectivity index is 1.81. The van der Waals surface area contributed by atoms with Gasteiger partial charge in [0.15, 0.2) is 0 Å². The minimum absolute atomic E-state index is 0.586. The quantitative estimate of drug-likeness (QED) is 0.694. The summed E-state index contributed by atoms with van der Waals surface area (Å²) in [4.78, 5) is 5.50. The van der Waals surface area contributed by atoms with Crippen molar-refractivity contribution in [2.24, 2.45) is 0 Å². The Hall–Kier alpha value is -1.87. The highest BCUT2D eigenvalue weighted by atomic mass is 32.1. The second-order valence-electron chi connectivity index (χ2n) is 3.74. The van der Waals surface area contributed by atoms with Crippen molar-refractivity contribution in [1.29, 1.82) is 0 Å². The molecule has 3 rings (SSSR count). The van der Waals surface area contributed by atoms with E-state index in [1.807, 2.05) is 41.9 Å². The van der Waals surface area contributed by atoms with Crippen LogP contribution in [-0.2, 0) is 6.61 Å². The minimum atomic E-state index is 0.586. The molecule has 0 saturated carbocycles. The lowest BCUT2D eigenvalue weighted by molar-refractivity contribution is 0.298. The molecule has 1 aromatic carbocycles. The number of hydrogen-bond acceptors (Lipinski definition) is 3. The Bertz CT molecular complexity index is 619. The number of pyridine rings is 1. The molecule has 0 amide bonds. The maximum atomic E-state index is 5.66. The maximum absolute atomic E-state index is 5.66. The van der Waals surface area contributed by atoms with Gasteiger partial charge in [-0.25, -0.2) is 4.98 Å². The van der Waals surface area contributed by atoms with Gasteiger partial charge in [-0.05, 0) is 16.8 Å². The standard InChI is InChI=1S/C14H11NOS/c1-2-5-12-9-15-14(8-11(12)4-1)16-10-13-6-3-7-17-13/h1-9H,10H2. The molecule has 0 atom stereocenters. The second kappa shape index (κ2) is 4.55. The van der Waals surface area contributed by atoms with Gasteiger partial charge in [-0.3, -0.25) is 0 Å². The number of aromatic nitrogens is 1. The van der Waals surface area contributed by atoms with Crippen LogP contribution < -0.4 is 4.74 Å². The normalized spacial score (nSPS) is 10.6. The van der Waals surface area contributed by atoms with Crippen molar-refractivity contribution < 1.29 is 4.74 Å². The first-order chi connectivity index (χ1) is 8.42. The van der Waals surface area contributed by atoms with Crippen LogP contribution in [0.1, 0.15) is 4.88 Å². The molecule has 84 valence electrons. The highest BCUT2D eigenvalue weighted by Crippen LogP contribution is 2.19. The van der Waals surface area contributed by atoms with Crippen molar-refractivity contribution in [3.8, 4) is 5.88 Å². The van der Waals surface area contributed by atoms with Gasteiger partial charge in [-0.15, -0.1) is 11.3 Å². The number of rotatable bonds is 3.